The fourth-order valence-corrected chi connectivity index (χ4v) is 4.35. The third-order valence-electron chi connectivity index (χ3n) is 5.26. The van der Waals surface area contributed by atoms with Crippen molar-refractivity contribution in [2.24, 2.45) is 0 Å². The Morgan fingerprint density at radius 2 is 2.00 bits per heavy atom. The smallest absolute Gasteiger partial charge is 0.263 e. The molecule has 0 bridgehead atoms. The molecule has 2 heterocycles. The Labute approximate surface area is 169 Å². The molecule has 1 aromatic heterocycles. The highest BCUT2D eigenvalue weighted by Gasteiger charge is 2.32. The van der Waals surface area contributed by atoms with Gasteiger partial charge in [-0.1, -0.05) is 30.7 Å². The predicted octanol–water partition coefficient (Wildman–Crippen LogP) is 4.00. The summed E-state index contributed by atoms with van der Waals surface area (Å²) in [6.07, 6.45) is 0.963. The molecule has 1 aliphatic rings. The van der Waals surface area contributed by atoms with Gasteiger partial charge in [-0.05, 0) is 32.4 Å². The number of halogens is 1. The molecule has 0 spiro atoms. The first-order valence-electron chi connectivity index (χ1n) is 9.27. The van der Waals surface area contributed by atoms with Crippen LogP contribution in [0.4, 0.5) is 0 Å². The molecule has 1 fully saturated rings. The summed E-state index contributed by atoms with van der Waals surface area (Å²) in [5.74, 6) is -0.0573. The van der Waals surface area contributed by atoms with Crippen LogP contribution in [0.15, 0.2) is 24.3 Å². The molecule has 27 heavy (non-hydrogen) atoms. The minimum atomic E-state index is -0.0724. The number of hydrogen-bond donors (Lipinski definition) is 1. The number of ether oxygens (including phenoxy) is 1. The molecule has 0 aliphatic carbocycles. The van der Waals surface area contributed by atoms with Crippen LogP contribution >= 0.6 is 22.9 Å². The standard InChI is InChI=1S/C20H26ClN3O2S/c1-4-20(3,24-9-11-26-12-10-24)13-22-18(25)17-14(2)23-19(27-17)15-5-7-16(21)8-6-15/h5-8H,4,9-13H2,1-3H3,(H,22,25). The summed E-state index contributed by atoms with van der Waals surface area (Å²) in [4.78, 5) is 20.5. The lowest BCUT2D eigenvalue weighted by molar-refractivity contribution is -0.0169. The van der Waals surface area contributed by atoms with Crippen LogP contribution in [0, 0.1) is 6.92 Å². The van der Waals surface area contributed by atoms with Crippen molar-refractivity contribution < 1.29 is 9.53 Å². The van der Waals surface area contributed by atoms with Gasteiger partial charge < -0.3 is 10.1 Å². The zero-order valence-corrected chi connectivity index (χ0v) is 17.6. The van der Waals surface area contributed by atoms with Crippen molar-refractivity contribution in [3.8, 4) is 10.6 Å². The number of aryl methyl sites for hydroxylation is 1. The quantitative estimate of drug-likeness (QED) is 0.786. The van der Waals surface area contributed by atoms with Crippen LogP contribution in [0.25, 0.3) is 10.6 Å². The molecule has 1 aliphatic heterocycles. The Morgan fingerprint density at radius 3 is 2.63 bits per heavy atom. The molecule has 1 saturated heterocycles. The second-order valence-corrected chi connectivity index (χ2v) is 8.51. The number of rotatable bonds is 6. The van der Waals surface area contributed by atoms with Crippen LogP contribution in [-0.4, -0.2) is 54.2 Å². The summed E-state index contributed by atoms with van der Waals surface area (Å²) in [5.41, 5.74) is 1.65. The number of hydrogen-bond acceptors (Lipinski definition) is 5. The van der Waals surface area contributed by atoms with Gasteiger partial charge in [-0.15, -0.1) is 11.3 Å². The van der Waals surface area contributed by atoms with Crippen molar-refractivity contribution in [2.75, 3.05) is 32.8 Å². The highest BCUT2D eigenvalue weighted by atomic mass is 35.5. The Morgan fingerprint density at radius 1 is 1.33 bits per heavy atom. The zero-order valence-electron chi connectivity index (χ0n) is 16.0. The van der Waals surface area contributed by atoms with E-state index in [0.29, 0.717) is 16.4 Å². The fourth-order valence-electron chi connectivity index (χ4n) is 3.24. The third kappa shape index (κ3) is 4.69. The minimum absolute atomic E-state index is 0.0573. The van der Waals surface area contributed by atoms with E-state index in [0.717, 1.165) is 49.0 Å². The lowest BCUT2D eigenvalue weighted by atomic mass is 9.95. The molecular weight excluding hydrogens is 382 g/mol. The van der Waals surface area contributed by atoms with E-state index < -0.39 is 0 Å². The summed E-state index contributed by atoms with van der Waals surface area (Å²) in [6, 6.07) is 7.52. The molecule has 1 unspecified atom stereocenters. The largest absolute Gasteiger partial charge is 0.379 e. The van der Waals surface area contributed by atoms with Gasteiger partial charge in [0.15, 0.2) is 0 Å². The zero-order chi connectivity index (χ0) is 19.4. The molecule has 2 aromatic rings. The lowest BCUT2D eigenvalue weighted by Gasteiger charge is -2.43. The van der Waals surface area contributed by atoms with Crippen LogP contribution < -0.4 is 5.32 Å². The van der Waals surface area contributed by atoms with Gasteiger partial charge in [-0.25, -0.2) is 4.98 Å². The molecule has 7 heteroatoms. The summed E-state index contributed by atoms with van der Waals surface area (Å²) < 4.78 is 5.46. The van der Waals surface area contributed by atoms with Gasteiger partial charge in [0.25, 0.3) is 5.91 Å². The molecule has 3 rings (SSSR count). The van der Waals surface area contributed by atoms with Gasteiger partial charge in [0.1, 0.15) is 9.88 Å². The van der Waals surface area contributed by atoms with Crippen LogP contribution in [0.1, 0.15) is 35.6 Å². The summed E-state index contributed by atoms with van der Waals surface area (Å²) in [7, 11) is 0. The Hall–Kier alpha value is -1.47. The number of carbonyl (C=O) groups excluding carboxylic acids is 1. The van der Waals surface area contributed by atoms with E-state index in [4.69, 9.17) is 16.3 Å². The van der Waals surface area contributed by atoms with Crippen molar-refractivity contribution in [2.45, 2.75) is 32.7 Å². The first-order chi connectivity index (χ1) is 12.9. The molecule has 0 saturated carbocycles. The second kappa shape index (κ2) is 8.69. The number of thiazole rings is 1. The van der Waals surface area contributed by atoms with Gasteiger partial charge in [0, 0.05) is 35.8 Å². The third-order valence-corrected chi connectivity index (χ3v) is 6.72. The van der Waals surface area contributed by atoms with E-state index in [1.54, 1.807) is 0 Å². The highest BCUT2D eigenvalue weighted by molar-refractivity contribution is 7.17. The molecule has 1 amide bonds. The first kappa shape index (κ1) is 20.3. The Bertz CT molecular complexity index is 787. The van der Waals surface area contributed by atoms with Crippen LogP contribution in [0.3, 0.4) is 0 Å². The van der Waals surface area contributed by atoms with Crippen molar-refractivity contribution in [3.63, 3.8) is 0 Å². The van der Waals surface area contributed by atoms with Crippen molar-refractivity contribution in [1.29, 1.82) is 0 Å². The molecule has 0 radical (unpaired) electrons. The molecule has 1 aromatic carbocycles. The normalized spacial score (nSPS) is 17.5. The number of nitrogens with zero attached hydrogens (tertiary/aromatic N) is 2. The van der Waals surface area contributed by atoms with Gasteiger partial charge in [-0.2, -0.15) is 0 Å². The van der Waals surface area contributed by atoms with E-state index >= 15 is 0 Å². The fraction of sp³-hybridized carbons (Fsp3) is 0.500. The monoisotopic (exact) mass is 407 g/mol. The SMILES string of the molecule is CCC(C)(CNC(=O)c1sc(-c2ccc(Cl)cc2)nc1C)N1CCOCC1. The van der Waals surface area contributed by atoms with Gasteiger partial charge in [0.05, 0.1) is 18.9 Å². The summed E-state index contributed by atoms with van der Waals surface area (Å²) in [6.45, 7) is 10.2. The molecule has 1 N–H and O–H groups in total. The maximum atomic E-state index is 12.8. The maximum Gasteiger partial charge on any atom is 0.263 e. The predicted molar refractivity (Wildman–Crippen MR) is 111 cm³/mol. The Balaban J connectivity index is 1.69. The van der Waals surface area contributed by atoms with E-state index in [1.807, 2.05) is 31.2 Å². The topological polar surface area (TPSA) is 54.5 Å². The highest BCUT2D eigenvalue weighted by Crippen LogP contribution is 2.29. The van der Waals surface area contributed by atoms with Crippen molar-refractivity contribution >= 4 is 28.8 Å². The number of aromatic nitrogens is 1. The maximum absolute atomic E-state index is 12.8. The minimum Gasteiger partial charge on any atom is -0.379 e. The Kier molecular flexibility index (Phi) is 6.52. The van der Waals surface area contributed by atoms with E-state index in [9.17, 15) is 4.79 Å². The molecular formula is C20H26ClN3O2S. The van der Waals surface area contributed by atoms with Crippen molar-refractivity contribution in [1.82, 2.24) is 15.2 Å². The van der Waals surface area contributed by atoms with Gasteiger partial charge >= 0.3 is 0 Å². The number of carbonyl (C=O) groups is 1. The summed E-state index contributed by atoms with van der Waals surface area (Å²) in [5, 5.41) is 4.65. The first-order valence-corrected chi connectivity index (χ1v) is 10.5. The number of nitrogens with one attached hydrogen (secondary N) is 1. The van der Waals surface area contributed by atoms with E-state index in [1.165, 1.54) is 11.3 Å². The van der Waals surface area contributed by atoms with Gasteiger partial charge in [-0.3, -0.25) is 9.69 Å². The molecule has 1 atom stereocenters. The lowest BCUT2D eigenvalue weighted by Crippen LogP contribution is -2.56. The van der Waals surface area contributed by atoms with Gasteiger partial charge in [0.2, 0.25) is 0 Å². The average molecular weight is 408 g/mol. The number of amides is 1. The van der Waals surface area contributed by atoms with Crippen LogP contribution in [0.2, 0.25) is 5.02 Å². The number of benzene rings is 1. The van der Waals surface area contributed by atoms with Crippen molar-refractivity contribution in [3.05, 3.63) is 39.9 Å². The number of morpholine rings is 1. The van der Waals surface area contributed by atoms with E-state index in [2.05, 4.69) is 29.0 Å². The van der Waals surface area contributed by atoms with Crippen LogP contribution in [-0.2, 0) is 4.74 Å². The molecule has 146 valence electrons. The van der Waals surface area contributed by atoms with E-state index in [-0.39, 0.29) is 11.4 Å². The van der Waals surface area contributed by atoms with Crippen LogP contribution in [0.5, 0.6) is 0 Å². The summed E-state index contributed by atoms with van der Waals surface area (Å²) >= 11 is 7.38. The second-order valence-electron chi connectivity index (χ2n) is 7.07. The molecule has 5 nitrogen and oxygen atoms in total. The average Bonchev–Trinajstić information content (AvgIpc) is 3.09.